The highest BCUT2D eigenvalue weighted by atomic mass is 16.2. The second-order valence-electron chi connectivity index (χ2n) is 5.82. The second-order valence-corrected chi connectivity index (χ2v) is 5.82. The Hall–Kier alpha value is -1.39. The van der Waals surface area contributed by atoms with E-state index in [-0.39, 0.29) is 5.91 Å². The van der Waals surface area contributed by atoms with E-state index in [1.54, 1.807) is 4.90 Å². The van der Waals surface area contributed by atoms with Gasteiger partial charge in [-0.3, -0.25) is 9.69 Å². The molecule has 0 aromatic heterocycles. The van der Waals surface area contributed by atoms with Crippen molar-refractivity contribution < 1.29 is 4.79 Å². The average Bonchev–Trinajstić information content (AvgIpc) is 3.00. The highest BCUT2D eigenvalue weighted by molar-refractivity contribution is 5.94. The first kappa shape index (κ1) is 16.0. The molecular weight excluding hydrogens is 262 g/mol. The van der Waals surface area contributed by atoms with E-state index in [9.17, 15) is 4.79 Å². The predicted octanol–water partition coefficient (Wildman–Crippen LogP) is 2.11. The molecule has 116 valence electrons. The topological polar surface area (TPSA) is 35.6 Å². The first-order chi connectivity index (χ1) is 10.2. The van der Waals surface area contributed by atoms with Crippen molar-refractivity contribution in [2.24, 2.45) is 0 Å². The first-order valence-corrected chi connectivity index (χ1v) is 7.98. The van der Waals surface area contributed by atoms with Crippen LogP contribution in [0.3, 0.4) is 0 Å². The largest absolute Gasteiger partial charge is 0.314 e. The summed E-state index contributed by atoms with van der Waals surface area (Å²) in [6.07, 6.45) is 3.56. The number of hydrogen-bond acceptors (Lipinski definition) is 3. The number of nitrogens with one attached hydrogen (secondary N) is 1. The molecule has 4 heteroatoms. The van der Waals surface area contributed by atoms with Gasteiger partial charge in [0.25, 0.3) is 0 Å². The van der Waals surface area contributed by atoms with Crippen molar-refractivity contribution in [3.8, 4) is 0 Å². The number of amides is 1. The monoisotopic (exact) mass is 289 g/mol. The lowest BCUT2D eigenvalue weighted by atomic mass is 10.2. The maximum atomic E-state index is 12.5. The van der Waals surface area contributed by atoms with E-state index < -0.39 is 0 Å². The van der Waals surface area contributed by atoms with Crippen LogP contribution in [0, 0.1) is 0 Å². The molecule has 1 aliphatic heterocycles. The molecule has 0 saturated carbocycles. The zero-order chi connectivity index (χ0) is 15.1. The fraction of sp³-hybridized carbons (Fsp3) is 0.588. The van der Waals surface area contributed by atoms with Crippen LogP contribution in [0.1, 0.15) is 26.2 Å². The van der Waals surface area contributed by atoms with Crippen molar-refractivity contribution >= 4 is 11.6 Å². The lowest BCUT2D eigenvalue weighted by Gasteiger charge is -2.27. The smallest absolute Gasteiger partial charge is 0.240 e. The number of anilines is 1. The minimum Gasteiger partial charge on any atom is -0.314 e. The Morgan fingerprint density at radius 2 is 2.10 bits per heavy atom. The Morgan fingerprint density at radius 3 is 2.71 bits per heavy atom. The molecule has 1 amide bonds. The van der Waals surface area contributed by atoms with Gasteiger partial charge >= 0.3 is 0 Å². The van der Waals surface area contributed by atoms with E-state index in [4.69, 9.17) is 0 Å². The van der Waals surface area contributed by atoms with E-state index in [0.717, 1.165) is 31.7 Å². The molecule has 1 fully saturated rings. The Morgan fingerprint density at radius 1 is 1.33 bits per heavy atom. The SMILES string of the molecule is CCCN(CC(=O)N(C)c1ccccc1)CC1CCCN1. The van der Waals surface area contributed by atoms with Crippen molar-refractivity contribution in [1.29, 1.82) is 0 Å². The molecule has 1 heterocycles. The first-order valence-electron chi connectivity index (χ1n) is 7.98. The van der Waals surface area contributed by atoms with Gasteiger partial charge in [0.2, 0.25) is 5.91 Å². The van der Waals surface area contributed by atoms with Crippen LogP contribution in [0.25, 0.3) is 0 Å². The average molecular weight is 289 g/mol. The summed E-state index contributed by atoms with van der Waals surface area (Å²) >= 11 is 0. The van der Waals surface area contributed by atoms with Crippen molar-refractivity contribution in [3.63, 3.8) is 0 Å². The zero-order valence-corrected chi connectivity index (χ0v) is 13.2. The number of rotatable bonds is 7. The number of benzene rings is 1. The zero-order valence-electron chi connectivity index (χ0n) is 13.2. The molecule has 1 unspecified atom stereocenters. The van der Waals surface area contributed by atoms with Gasteiger partial charge in [-0.25, -0.2) is 0 Å². The van der Waals surface area contributed by atoms with Crippen LogP contribution in [0.5, 0.6) is 0 Å². The van der Waals surface area contributed by atoms with Crippen LogP contribution in [0.2, 0.25) is 0 Å². The van der Waals surface area contributed by atoms with Gasteiger partial charge in [0.1, 0.15) is 0 Å². The van der Waals surface area contributed by atoms with Crippen molar-refractivity contribution in [3.05, 3.63) is 30.3 Å². The third-order valence-corrected chi connectivity index (χ3v) is 4.06. The van der Waals surface area contributed by atoms with Crippen LogP contribution in [-0.2, 0) is 4.79 Å². The van der Waals surface area contributed by atoms with Crippen molar-refractivity contribution in [2.75, 3.05) is 38.1 Å². The molecule has 4 nitrogen and oxygen atoms in total. The Labute approximate surface area is 128 Å². The summed E-state index contributed by atoms with van der Waals surface area (Å²) in [5.41, 5.74) is 0.956. The second kappa shape index (κ2) is 8.15. The molecule has 0 bridgehead atoms. The van der Waals surface area contributed by atoms with Gasteiger partial charge in [0.15, 0.2) is 0 Å². The summed E-state index contributed by atoms with van der Waals surface area (Å²) in [4.78, 5) is 16.5. The van der Waals surface area contributed by atoms with Gasteiger partial charge in [0, 0.05) is 25.3 Å². The molecule has 1 saturated heterocycles. The van der Waals surface area contributed by atoms with Crippen LogP contribution in [0.15, 0.2) is 30.3 Å². The highest BCUT2D eigenvalue weighted by Crippen LogP contribution is 2.12. The van der Waals surface area contributed by atoms with Gasteiger partial charge in [0.05, 0.1) is 6.54 Å². The number of nitrogens with zero attached hydrogens (tertiary/aromatic N) is 2. The van der Waals surface area contributed by atoms with Crippen LogP contribution in [0.4, 0.5) is 5.69 Å². The molecular formula is C17H27N3O. The molecule has 0 spiro atoms. The highest BCUT2D eigenvalue weighted by Gasteiger charge is 2.20. The minimum absolute atomic E-state index is 0.160. The summed E-state index contributed by atoms with van der Waals surface area (Å²) in [6, 6.07) is 10.4. The van der Waals surface area contributed by atoms with Crippen LogP contribution in [-0.4, -0.2) is 50.1 Å². The van der Waals surface area contributed by atoms with Crippen LogP contribution >= 0.6 is 0 Å². The summed E-state index contributed by atoms with van der Waals surface area (Å²) < 4.78 is 0. The third-order valence-electron chi connectivity index (χ3n) is 4.06. The Bertz CT molecular complexity index is 429. The standard InChI is InChI=1S/C17H27N3O/c1-3-12-20(13-15-8-7-11-18-15)14-17(21)19(2)16-9-5-4-6-10-16/h4-6,9-10,15,18H,3,7-8,11-14H2,1-2H3. The number of carbonyl (C=O) groups is 1. The number of para-hydroxylation sites is 1. The molecule has 2 rings (SSSR count). The van der Waals surface area contributed by atoms with Gasteiger partial charge in [-0.05, 0) is 44.5 Å². The quantitative estimate of drug-likeness (QED) is 0.835. The van der Waals surface area contributed by atoms with Gasteiger partial charge in [-0.15, -0.1) is 0 Å². The summed E-state index contributed by atoms with van der Waals surface area (Å²) in [7, 11) is 1.86. The normalized spacial score (nSPS) is 18.1. The molecule has 1 aromatic rings. The molecule has 1 aromatic carbocycles. The fourth-order valence-electron chi connectivity index (χ4n) is 2.87. The Balaban J connectivity index is 1.90. The molecule has 1 atom stereocenters. The molecule has 21 heavy (non-hydrogen) atoms. The summed E-state index contributed by atoms with van der Waals surface area (Å²) in [5, 5.41) is 3.51. The summed E-state index contributed by atoms with van der Waals surface area (Å²) in [5.74, 6) is 0.160. The number of carbonyl (C=O) groups excluding carboxylic acids is 1. The lowest BCUT2D eigenvalue weighted by molar-refractivity contribution is -0.119. The number of hydrogen-bond donors (Lipinski definition) is 1. The fourth-order valence-corrected chi connectivity index (χ4v) is 2.87. The van der Waals surface area contributed by atoms with Crippen molar-refractivity contribution in [2.45, 2.75) is 32.2 Å². The van der Waals surface area contributed by atoms with E-state index >= 15 is 0 Å². The van der Waals surface area contributed by atoms with Crippen LogP contribution < -0.4 is 10.2 Å². The van der Waals surface area contributed by atoms with Crippen molar-refractivity contribution in [1.82, 2.24) is 10.2 Å². The van der Waals surface area contributed by atoms with E-state index in [1.165, 1.54) is 12.8 Å². The minimum atomic E-state index is 0.160. The van der Waals surface area contributed by atoms with Gasteiger partial charge in [-0.2, -0.15) is 0 Å². The maximum absolute atomic E-state index is 12.5. The summed E-state index contributed by atoms with van der Waals surface area (Å²) in [6.45, 7) is 5.73. The number of likely N-dealkylation sites (N-methyl/N-ethyl adjacent to an activating group) is 1. The molecule has 1 N–H and O–H groups in total. The Kier molecular flexibility index (Phi) is 6.21. The van der Waals surface area contributed by atoms with E-state index in [2.05, 4.69) is 17.1 Å². The molecule has 0 radical (unpaired) electrons. The molecule has 0 aliphatic carbocycles. The predicted molar refractivity (Wildman–Crippen MR) is 87.6 cm³/mol. The lowest BCUT2D eigenvalue weighted by Crippen LogP contribution is -2.44. The van der Waals surface area contributed by atoms with Gasteiger partial charge in [-0.1, -0.05) is 25.1 Å². The van der Waals surface area contributed by atoms with E-state index in [1.807, 2.05) is 37.4 Å². The molecule has 1 aliphatic rings. The van der Waals surface area contributed by atoms with E-state index in [0.29, 0.717) is 12.6 Å². The third kappa shape index (κ3) is 4.83. The maximum Gasteiger partial charge on any atom is 0.240 e. The van der Waals surface area contributed by atoms with Gasteiger partial charge < -0.3 is 10.2 Å².